The zero-order valence-corrected chi connectivity index (χ0v) is 9.71. The lowest BCUT2D eigenvalue weighted by Gasteiger charge is -2.04. The molecule has 14 heavy (non-hydrogen) atoms. The lowest BCUT2D eigenvalue weighted by Crippen LogP contribution is -2.06. The van der Waals surface area contributed by atoms with Gasteiger partial charge in [0.1, 0.15) is 5.75 Å². The first-order valence-corrected chi connectivity index (χ1v) is 5.74. The summed E-state index contributed by atoms with van der Waals surface area (Å²) in [5.41, 5.74) is 1.10. The molecule has 0 saturated carbocycles. The third-order valence-electron chi connectivity index (χ3n) is 1.74. The van der Waals surface area contributed by atoms with Crippen molar-refractivity contribution in [2.24, 2.45) is 0 Å². The summed E-state index contributed by atoms with van der Waals surface area (Å²) in [5, 5.41) is 0.770. The summed E-state index contributed by atoms with van der Waals surface area (Å²) in [6.45, 7) is 1.95. The Morgan fingerprint density at radius 2 is 2.29 bits per heavy atom. The van der Waals surface area contributed by atoms with Crippen molar-refractivity contribution in [3.8, 4) is 5.75 Å². The van der Waals surface area contributed by atoms with Gasteiger partial charge in [-0.15, -0.1) is 0 Å². The molecule has 2 nitrogen and oxygen atoms in total. The van der Waals surface area contributed by atoms with Gasteiger partial charge in [-0.1, -0.05) is 35.0 Å². The quantitative estimate of drug-likeness (QED) is 0.470. The molecule has 0 atom stereocenters. The molecule has 0 heterocycles. The molecule has 0 unspecified atom stereocenters. The predicted molar refractivity (Wildman–Crippen MR) is 59.6 cm³/mol. The molecule has 0 N–H and O–H groups in total. The van der Waals surface area contributed by atoms with Crippen LogP contribution in [0.3, 0.4) is 0 Å². The second-order valence-corrected chi connectivity index (χ2v) is 3.57. The first-order valence-electron chi connectivity index (χ1n) is 4.62. The topological polar surface area (TPSA) is 26.3 Å². The fraction of sp³-hybridized carbons (Fsp3) is 0.364. The number of benzene rings is 1. The Balaban J connectivity index is 2.62. The van der Waals surface area contributed by atoms with E-state index in [9.17, 15) is 4.79 Å². The van der Waals surface area contributed by atoms with E-state index < -0.39 is 0 Å². The summed E-state index contributed by atoms with van der Waals surface area (Å²) >= 11 is 3.35. The minimum atomic E-state index is -0.167. The summed E-state index contributed by atoms with van der Waals surface area (Å²) in [6, 6.07) is 7.51. The van der Waals surface area contributed by atoms with Gasteiger partial charge in [0.2, 0.25) is 0 Å². The maximum atomic E-state index is 11.2. The molecule has 1 rings (SSSR count). The van der Waals surface area contributed by atoms with Gasteiger partial charge in [-0.25, -0.2) is 0 Å². The van der Waals surface area contributed by atoms with Gasteiger partial charge < -0.3 is 4.74 Å². The number of halogens is 1. The van der Waals surface area contributed by atoms with Gasteiger partial charge in [0, 0.05) is 11.8 Å². The van der Waals surface area contributed by atoms with Gasteiger partial charge in [0.05, 0.1) is 0 Å². The minimum Gasteiger partial charge on any atom is -0.427 e. The lowest BCUT2D eigenvalue weighted by molar-refractivity contribution is -0.134. The average Bonchev–Trinajstić information content (AvgIpc) is 2.18. The summed E-state index contributed by atoms with van der Waals surface area (Å²) in [4.78, 5) is 11.2. The Bertz CT molecular complexity index is 310. The van der Waals surface area contributed by atoms with Crippen LogP contribution >= 0.6 is 15.9 Å². The van der Waals surface area contributed by atoms with Gasteiger partial charge >= 0.3 is 5.97 Å². The van der Waals surface area contributed by atoms with Gasteiger partial charge in [-0.2, -0.15) is 0 Å². The van der Waals surface area contributed by atoms with Crippen molar-refractivity contribution in [2.75, 3.05) is 0 Å². The smallest absolute Gasteiger partial charge is 0.311 e. The first-order chi connectivity index (χ1) is 6.76. The third kappa shape index (κ3) is 3.50. The Morgan fingerprint density at radius 1 is 1.50 bits per heavy atom. The van der Waals surface area contributed by atoms with Crippen LogP contribution in [-0.2, 0) is 10.1 Å². The van der Waals surface area contributed by atoms with Crippen molar-refractivity contribution < 1.29 is 9.53 Å². The van der Waals surface area contributed by atoms with Crippen LogP contribution in [0.1, 0.15) is 25.3 Å². The van der Waals surface area contributed by atoms with Crippen molar-refractivity contribution in [3.05, 3.63) is 29.8 Å². The number of ether oxygens (including phenoxy) is 1. The number of carbonyl (C=O) groups excluding carboxylic acids is 1. The fourth-order valence-electron chi connectivity index (χ4n) is 1.08. The summed E-state index contributed by atoms with van der Waals surface area (Å²) in [6.07, 6.45) is 1.29. The van der Waals surface area contributed by atoms with Crippen molar-refractivity contribution in [1.82, 2.24) is 0 Å². The third-order valence-corrected chi connectivity index (χ3v) is 2.39. The summed E-state index contributed by atoms with van der Waals surface area (Å²) in [5.74, 6) is 0.458. The van der Waals surface area contributed by atoms with Crippen LogP contribution in [0.5, 0.6) is 5.75 Å². The van der Waals surface area contributed by atoms with E-state index in [2.05, 4.69) is 15.9 Å². The zero-order valence-electron chi connectivity index (χ0n) is 8.13. The van der Waals surface area contributed by atoms with Crippen LogP contribution < -0.4 is 4.74 Å². The molecule has 0 aliphatic carbocycles. The lowest BCUT2D eigenvalue weighted by atomic mass is 10.2. The number of alkyl halides is 1. The molecular weight excluding hydrogens is 244 g/mol. The standard InChI is InChI=1S/C11H13BrO2/c1-2-4-11(13)14-10-6-3-5-9(7-10)8-12/h3,5-7H,2,4,8H2,1H3. The molecule has 0 aliphatic rings. The molecule has 1 aromatic rings. The van der Waals surface area contributed by atoms with Crippen LogP contribution in [0.4, 0.5) is 0 Å². The largest absolute Gasteiger partial charge is 0.427 e. The summed E-state index contributed by atoms with van der Waals surface area (Å²) < 4.78 is 5.14. The van der Waals surface area contributed by atoms with Crippen LogP contribution in [0.15, 0.2) is 24.3 Å². The van der Waals surface area contributed by atoms with Crippen molar-refractivity contribution in [3.63, 3.8) is 0 Å². The molecule has 0 amide bonds. The van der Waals surface area contributed by atoms with E-state index in [1.165, 1.54) is 0 Å². The van der Waals surface area contributed by atoms with E-state index in [0.717, 1.165) is 17.3 Å². The highest BCUT2D eigenvalue weighted by atomic mass is 79.9. The van der Waals surface area contributed by atoms with Gasteiger partial charge in [0.15, 0.2) is 0 Å². The Kier molecular flexibility index (Phi) is 4.66. The van der Waals surface area contributed by atoms with Gasteiger partial charge in [0.25, 0.3) is 0 Å². The number of rotatable bonds is 4. The number of esters is 1. The molecule has 1 aromatic carbocycles. The maximum Gasteiger partial charge on any atom is 0.311 e. The second kappa shape index (κ2) is 5.81. The van der Waals surface area contributed by atoms with Crippen molar-refractivity contribution in [2.45, 2.75) is 25.1 Å². The molecule has 0 spiro atoms. The summed E-state index contributed by atoms with van der Waals surface area (Å²) in [7, 11) is 0. The van der Waals surface area contributed by atoms with E-state index >= 15 is 0 Å². The predicted octanol–water partition coefficient (Wildman–Crippen LogP) is 3.29. The number of carbonyl (C=O) groups is 1. The molecular formula is C11H13BrO2. The van der Waals surface area contributed by atoms with E-state index in [1.807, 2.05) is 25.1 Å². The van der Waals surface area contributed by atoms with Gasteiger partial charge in [-0.3, -0.25) is 4.79 Å². The molecule has 0 aliphatic heterocycles. The molecule has 3 heteroatoms. The van der Waals surface area contributed by atoms with Crippen molar-refractivity contribution >= 4 is 21.9 Å². The molecule has 0 saturated heterocycles. The second-order valence-electron chi connectivity index (χ2n) is 3.01. The highest BCUT2D eigenvalue weighted by Crippen LogP contribution is 2.16. The molecule has 0 aromatic heterocycles. The van der Waals surface area contributed by atoms with E-state index in [4.69, 9.17) is 4.74 Å². The minimum absolute atomic E-state index is 0.167. The van der Waals surface area contributed by atoms with Crippen molar-refractivity contribution in [1.29, 1.82) is 0 Å². The monoisotopic (exact) mass is 256 g/mol. The zero-order chi connectivity index (χ0) is 10.4. The fourth-order valence-corrected chi connectivity index (χ4v) is 1.43. The van der Waals surface area contributed by atoms with E-state index in [1.54, 1.807) is 6.07 Å². The molecule has 0 fully saturated rings. The average molecular weight is 257 g/mol. The van der Waals surface area contributed by atoms with E-state index in [-0.39, 0.29) is 5.97 Å². The Labute approximate surface area is 92.4 Å². The number of hydrogen-bond acceptors (Lipinski definition) is 2. The van der Waals surface area contributed by atoms with Crippen LogP contribution in [0.25, 0.3) is 0 Å². The number of hydrogen-bond donors (Lipinski definition) is 0. The highest BCUT2D eigenvalue weighted by molar-refractivity contribution is 9.08. The normalized spacial score (nSPS) is 9.86. The Hall–Kier alpha value is -0.830. The SMILES string of the molecule is CCCC(=O)Oc1cccc(CBr)c1. The van der Waals surface area contributed by atoms with E-state index in [0.29, 0.717) is 12.2 Å². The molecule has 76 valence electrons. The highest BCUT2D eigenvalue weighted by Gasteiger charge is 2.03. The van der Waals surface area contributed by atoms with Crippen LogP contribution in [0, 0.1) is 0 Å². The molecule has 0 radical (unpaired) electrons. The van der Waals surface area contributed by atoms with Crippen LogP contribution in [-0.4, -0.2) is 5.97 Å². The maximum absolute atomic E-state index is 11.2. The van der Waals surface area contributed by atoms with Crippen LogP contribution in [0.2, 0.25) is 0 Å². The van der Waals surface area contributed by atoms with Gasteiger partial charge in [-0.05, 0) is 24.1 Å². The molecule has 0 bridgehead atoms. The Morgan fingerprint density at radius 3 is 2.93 bits per heavy atom. The first kappa shape index (κ1) is 11.2.